The zero-order valence-corrected chi connectivity index (χ0v) is 22.4. The van der Waals surface area contributed by atoms with E-state index in [1.54, 1.807) is 0 Å². The number of carbonyl (C=O) groups is 1. The lowest BCUT2D eigenvalue weighted by Crippen LogP contribution is -2.32. The minimum absolute atomic E-state index is 0.141. The molecule has 1 aromatic heterocycles. The molecule has 0 saturated heterocycles. The highest BCUT2D eigenvalue weighted by molar-refractivity contribution is 5.78. The number of carbonyl (C=O) groups excluding carboxylic acids is 1. The van der Waals surface area contributed by atoms with Gasteiger partial charge in [-0.1, -0.05) is 72.8 Å². The number of benzene rings is 3. The van der Waals surface area contributed by atoms with Crippen molar-refractivity contribution in [2.24, 2.45) is 0 Å². The average molecular weight is 511 g/mol. The summed E-state index contributed by atoms with van der Waals surface area (Å²) in [5.41, 5.74) is 4.21. The van der Waals surface area contributed by atoms with Gasteiger partial charge in [0.1, 0.15) is 25.4 Å². The fraction of sp³-hybridized carbons (Fsp3) is 0.250. The molecule has 0 N–H and O–H groups in total. The lowest BCUT2D eigenvalue weighted by molar-refractivity contribution is -0.152. The molecule has 0 saturated carbocycles. The van der Waals surface area contributed by atoms with Crippen molar-refractivity contribution in [3.05, 3.63) is 108 Å². The summed E-state index contributed by atoms with van der Waals surface area (Å²) >= 11 is 0. The summed E-state index contributed by atoms with van der Waals surface area (Å²) in [5.74, 6) is 0.684. The Morgan fingerprint density at radius 1 is 0.789 bits per heavy atom. The van der Waals surface area contributed by atoms with Crippen LogP contribution in [0.1, 0.15) is 31.9 Å². The molecule has 0 aliphatic carbocycles. The second-order valence-corrected chi connectivity index (χ2v) is 10.0. The van der Waals surface area contributed by atoms with Gasteiger partial charge in [0, 0.05) is 24.4 Å². The van der Waals surface area contributed by atoms with Gasteiger partial charge in [0.25, 0.3) is 0 Å². The molecule has 6 nitrogen and oxygen atoms in total. The molecule has 0 fully saturated rings. The summed E-state index contributed by atoms with van der Waals surface area (Å²) in [6, 6.07) is 31.7. The first-order valence-electron chi connectivity index (χ1n) is 12.6. The number of rotatable bonds is 10. The van der Waals surface area contributed by atoms with Crippen LogP contribution in [0.5, 0.6) is 11.8 Å². The van der Waals surface area contributed by atoms with Gasteiger partial charge in [-0.05, 0) is 55.7 Å². The van der Waals surface area contributed by atoms with E-state index in [2.05, 4.69) is 0 Å². The first kappa shape index (κ1) is 26.7. The summed E-state index contributed by atoms with van der Waals surface area (Å²) in [6.07, 6.45) is 0. The zero-order chi connectivity index (χ0) is 27.0. The maximum absolute atomic E-state index is 12.4. The fourth-order valence-electron chi connectivity index (χ4n) is 3.86. The van der Waals surface area contributed by atoms with Crippen LogP contribution in [0.4, 0.5) is 5.69 Å². The summed E-state index contributed by atoms with van der Waals surface area (Å²) in [6.45, 7) is 6.52. The highest BCUT2D eigenvalue weighted by atomic mass is 16.6. The third-order valence-corrected chi connectivity index (χ3v) is 5.67. The number of aromatic nitrogens is 1. The van der Waals surface area contributed by atoms with Gasteiger partial charge < -0.3 is 19.1 Å². The van der Waals surface area contributed by atoms with Gasteiger partial charge in [0.05, 0.1) is 0 Å². The van der Waals surface area contributed by atoms with E-state index < -0.39 is 5.60 Å². The Balaban J connectivity index is 1.57. The maximum Gasteiger partial charge on any atom is 0.326 e. The minimum Gasteiger partial charge on any atom is -0.473 e. The van der Waals surface area contributed by atoms with Crippen LogP contribution in [0, 0.1) is 0 Å². The van der Waals surface area contributed by atoms with E-state index in [1.165, 1.54) is 0 Å². The Bertz CT molecular complexity index is 1330. The molecule has 0 amide bonds. The van der Waals surface area contributed by atoms with E-state index in [0.717, 1.165) is 27.9 Å². The third kappa shape index (κ3) is 7.84. The second-order valence-electron chi connectivity index (χ2n) is 10.0. The molecule has 3 aromatic carbocycles. The Hall–Kier alpha value is -4.32. The van der Waals surface area contributed by atoms with E-state index in [9.17, 15) is 4.79 Å². The lowest BCUT2D eigenvalue weighted by Gasteiger charge is -2.24. The standard InChI is InChI=1S/C32H34N2O4/c1-32(2,3)38-30(35)21-34(4)27-17-11-16-26(20-27)28-18-19-29(36-22-24-12-7-5-8-13-24)33-31(28)37-23-25-14-9-6-10-15-25/h5-20H,21-23H2,1-4H3. The maximum atomic E-state index is 12.4. The van der Waals surface area contributed by atoms with Crippen molar-refractivity contribution < 1.29 is 19.0 Å². The Morgan fingerprint density at radius 3 is 2.05 bits per heavy atom. The van der Waals surface area contributed by atoms with E-state index in [4.69, 9.17) is 19.2 Å². The van der Waals surface area contributed by atoms with Crippen molar-refractivity contribution in [3.63, 3.8) is 0 Å². The number of hydrogen-bond acceptors (Lipinski definition) is 6. The number of esters is 1. The van der Waals surface area contributed by atoms with Crippen LogP contribution in [0.25, 0.3) is 11.1 Å². The highest BCUT2D eigenvalue weighted by Crippen LogP contribution is 2.33. The summed E-state index contributed by atoms with van der Waals surface area (Å²) in [7, 11) is 1.87. The van der Waals surface area contributed by atoms with Crippen LogP contribution in [0.3, 0.4) is 0 Å². The summed E-state index contributed by atoms with van der Waals surface area (Å²) in [4.78, 5) is 18.9. The fourth-order valence-corrected chi connectivity index (χ4v) is 3.86. The summed E-state index contributed by atoms with van der Waals surface area (Å²) in [5, 5.41) is 0. The zero-order valence-electron chi connectivity index (χ0n) is 22.4. The smallest absolute Gasteiger partial charge is 0.326 e. The van der Waals surface area contributed by atoms with E-state index in [-0.39, 0.29) is 12.5 Å². The van der Waals surface area contributed by atoms with E-state index >= 15 is 0 Å². The van der Waals surface area contributed by atoms with Gasteiger partial charge in [-0.25, -0.2) is 0 Å². The third-order valence-electron chi connectivity index (χ3n) is 5.67. The van der Waals surface area contributed by atoms with Crippen LogP contribution < -0.4 is 14.4 Å². The quantitative estimate of drug-likeness (QED) is 0.222. The molecular formula is C32H34N2O4. The molecule has 0 unspecified atom stereocenters. The van der Waals surface area contributed by atoms with Crippen LogP contribution in [0.15, 0.2) is 97.1 Å². The largest absolute Gasteiger partial charge is 0.473 e. The molecule has 38 heavy (non-hydrogen) atoms. The Labute approximate surface area is 224 Å². The van der Waals surface area contributed by atoms with Gasteiger partial charge in [-0.2, -0.15) is 4.98 Å². The molecular weight excluding hydrogens is 476 g/mol. The molecule has 0 radical (unpaired) electrons. The minimum atomic E-state index is -0.527. The molecule has 0 aliphatic rings. The molecule has 0 spiro atoms. The van der Waals surface area contributed by atoms with Gasteiger partial charge in [0.15, 0.2) is 0 Å². The van der Waals surface area contributed by atoms with Crippen molar-refractivity contribution in [1.29, 1.82) is 0 Å². The van der Waals surface area contributed by atoms with E-state index in [0.29, 0.717) is 25.0 Å². The van der Waals surface area contributed by atoms with Crippen molar-refractivity contribution in [2.75, 3.05) is 18.5 Å². The monoisotopic (exact) mass is 510 g/mol. The van der Waals surface area contributed by atoms with Crippen LogP contribution in [-0.4, -0.2) is 30.1 Å². The van der Waals surface area contributed by atoms with Crippen molar-refractivity contribution in [1.82, 2.24) is 4.98 Å². The normalized spacial score (nSPS) is 11.1. The van der Waals surface area contributed by atoms with Crippen LogP contribution in [-0.2, 0) is 22.7 Å². The van der Waals surface area contributed by atoms with Crippen molar-refractivity contribution >= 4 is 11.7 Å². The topological polar surface area (TPSA) is 60.9 Å². The average Bonchev–Trinajstić information content (AvgIpc) is 2.91. The molecule has 4 rings (SSSR count). The highest BCUT2D eigenvalue weighted by Gasteiger charge is 2.18. The number of anilines is 1. The predicted molar refractivity (Wildman–Crippen MR) is 150 cm³/mol. The molecule has 0 aliphatic heterocycles. The number of likely N-dealkylation sites (N-methyl/N-ethyl adjacent to an activating group) is 1. The van der Waals surface area contributed by atoms with Gasteiger partial charge >= 0.3 is 5.97 Å². The van der Waals surface area contributed by atoms with E-state index in [1.807, 2.05) is 130 Å². The number of hydrogen-bond donors (Lipinski definition) is 0. The number of pyridine rings is 1. The second kappa shape index (κ2) is 12.3. The SMILES string of the molecule is CN(CC(=O)OC(C)(C)C)c1cccc(-c2ccc(OCc3ccccc3)nc2OCc2ccccc2)c1. The number of ether oxygens (including phenoxy) is 3. The molecule has 0 bridgehead atoms. The lowest BCUT2D eigenvalue weighted by atomic mass is 10.1. The van der Waals surface area contributed by atoms with Crippen LogP contribution >= 0.6 is 0 Å². The van der Waals surface area contributed by atoms with Crippen molar-refractivity contribution in [2.45, 2.75) is 39.6 Å². The molecule has 196 valence electrons. The Kier molecular flexibility index (Phi) is 8.64. The molecule has 4 aromatic rings. The van der Waals surface area contributed by atoms with Gasteiger partial charge in [0.2, 0.25) is 11.8 Å². The summed E-state index contributed by atoms with van der Waals surface area (Å²) < 4.78 is 17.7. The molecule has 0 atom stereocenters. The molecule has 1 heterocycles. The number of nitrogens with zero attached hydrogens (tertiary/aromatic N) is 2. The molecule has 6 heteroatoms. The van der Waals surface area contributed by atoms with Gasteiger partial charge in [-0.3, -0.25) is 4.79 Å². The van der Waals surface area contributed by atoms with Crippen molar-refractivity contribution in [3.8, 4) is 22.9 Å². The first-order valence-corrected chi connectivity index (χ1v) is 12.6. The van der Waals surface area contributed by atoms with Gasteiger partial charge in [-0.15, -0.1) is 0 Å². The first-order chi connectivity index (χ1) is 18.3. The predicted octanol–water partition coefficient (Wildman–Crippen LogP) is 6.68. The van der Waals surface area contributed by atoms with Crippen LogP contribution in [0.2, 0.25) is 0 Å². The Morgan fingerprint density at radius 2 is 1.42 bits per heavy atom.